The number of hydrogen-bond acceptors (Lipinski definition) is 5. The maximum absolute atomic E-state index is 15.4. The summed E-state index contributed by atoms with van der Waals surface area (Å²) in [5.74, 6) is 1.06. The maximum atomic E-state index is 15.4. The second kappa shape index (κ2) is 8.50. The molecule has 5 saturated carbocycles. The molecular weight excluding hydrogens is 447 g/mol. The zero-order chi connectivity index (χ0) is 24.3. The molecule has 6 aliphatic rings. The van der Waals surface area contributed by atoms with E-state index in [1.54, 1.807) is 6.07 Å². The van der Waals surface area contributed by atoms with E-state index < -0.39 is 29.7 Å². The number of amides is 1. The predicted octanol–water partition coefficient (Wildman–Crippen LogP) is 4.83. The SMILES string of the molecule is COC(=O)[C@@H]1C[C@H](C#N)CN1C(=O)c1cc(C2CC2)c(OCC23CC4CC(CC(C4)C2)C3)cc1F. The van der Waals surface area contributed by atoms with Crippen molar-refractivity contribution in [3.63, 3.8) is 0 Å². The zero-order valence-electron chi connectivity index (χ0n) is 20.3. The van der Waals surface area contributed by atoms with Crippen molar-refractivity contribution < 1.29 is 23.5 Å². The number of nitriles is 1. The molecule has 7 heteroatoms. The van der Waals surface area contributed by atoms with Crippen molar-refractivity contribution in [1.82, 2.24) is 4.90 Å². The van der Waals surface area contributed by atoms with Gasteiger partial charge in [0, 0.05) is 18.0 Å². The summed E-state index contributed by atoms with van der Waals surface area (Å²) in [6.07, 6.45) is 9.98. The lowest BCUT2D eigenvalue weighted by molar-refractivity contribution is -0.145. The Morgan fingerprint density at radius 2 is 1.77 bits per heavy atom. The summed E-state index contributed by atoms with van der Waals surface area (Å²) in [5, 5.41) is 9.34. The van der Waals surface area contributed by atoms with Gasteiger partial charge in [0.15, 0.2) is 0 Å². The highest BCUT2D eigenvalue weighted by molar-refractivity contribution is 5.98. The summed E-state index contributed by atoms with van der Waals surface area (Å²) >= 11 is 0. The van der Waals surface area contributed by atoms with Gasteiger partial charge < -0.3 is 14.4 Å². The highest BCUT2D eigenvalue weighted by Crippen LogP contribution is 2.60. The molecule has 7 rings (SSSR count). The monoisotopic (exact) mass is 480 g/mol. The summed E-state index contributed by atoms with van der Waals surface area (Å²) in [7, 11) is 1.26. The van der Waals surface area contributed by atoms with Gasteiger partial charge in [-0.25, -0.2) is 9.18 Å². The van der Waals surface area contributed by atoms with Crippen LogP contribution in [0, 0.1) is 46.2 Å². The summed E-state index contributed by atoms with van der Waals surface area (Å²) in [4.78, 5) is 26.9. The van der Waals surface area contributed by atoms with Crippen LogP contribution in [0.1, 0.15) is 79.6 Å². The number of hydrogen-bond donors (Lipinski definition) is 0. The molecule has 1 amide bonds. The molecule has 1 heterocycles. The third kappa shape index (κ3) is 4.09. The fraction of sp³-hybridized carbons (Fsp3) is 0.679. The van der Waals surface area contributed by atoms with E-state index in [0.717, 1.165) is 36.2 Å². The van der Waals surface area contributed by atoms with E-state index in [9.17, 15) is 14.9 Å². The predicted molar refractivity (Wildman–Crippen MR) is 125 cm³/mol. The zero-order valence-corrected chi connectivity index (χ0v) is 20.3. The van der Waals surface area contributed by atoms with Crippen molar-refractivity contribution in [2.24, 2.45) is 29.1 Å². The molecule has 5 aliphatic carbocycles. The lowest BCUT2D eigenvalue weighted by Crippen LogP contribution is -2.48. The minimum atomic E-state index is -0.868. The summed E-state index contributed by atoms with van der Waals surface area (Å²) in [5.41, 5.74) is 1.06. The summed E-state index contributed by atoms with van der Waals surface area (Å²) in [6, 6.07) is 4.28. The lowest BCUT2D eigenvalue weighted by atomic mass is 9.50. The molecule has 6 fully saturated rings. The number of halogens is 1. The number of likely N-dealkylation sites (tertiary alicyclic amines) is 1. The summed E-state index contributed by atoms with van der Waals surface area (Å²) in [6.45, 7) is 0.723. The van der Waals surface area contributed by atoms with Gasteiger partial charge in [-0.05, 0) is 93.1 Å². The third-order valence-corrected chi connectivity index (χ3v) is 9.26. The minimum Gasteiger partial charge on any atom is -0.493 e. The Hall–Kier alpha value is -2.62. The van der Waals surface area contributed by atoms with Gasteiger partial charge in [-0.1, -0.05) is 0 Å². The first-order valence-electron chi connectivity index (χ1n) is 13.1. The van der Waals surface area contributed by atoms with Crippen LogP contribution in [-0.4, -0.2) is 43.1 Å². The van der Waals surface area contributed by atoms with Gasteiger partial charge in [0.2, 0.25) is 0 Å². The second-order valence-electron chi connectivity index (χ2n) is 11.9. The Morgan fingerprint density at radius 3 is 2.34 bits per heavy atom. The van der Waals surface area contributed by atoms with E-state index in [1.165, 1.54) is 56.6 Å². The minimum absolute atomic E-state index is 0.0541. The largest absolute Gasteiger partial charge is 0.493 e. The third-order valence-electron chi connectivity index (χ3n) is 9.26. The van der Waals surface area contributed by atoms with E-state index in [0.29, 0.717) is 12.4 Å². The van der Waals surface area contributed by atoms with E-state index in [4.69, 9.17) is 9.47 Å². The van der Waals surface area contributed by atoms with Crippen molar-refractivity contribution in [3.8, 4) is 11.8 Å². The van der Waals surface area contributed by atoms with Crippen molar-refractivity contribution in [3.05, 3.63) is 29.1 Å². The molecule has 1 aliphatic heterocycles. The van der Waals surface area contributed by atoms with Crippen LogP contribution in [0.4, 0.5) is 4.39 Å². The van der Waals surface area contributed by atoms with Crippen LogP contribution in [0.2, 0.25) is 0 Å². The number of rotatable bonds is 6. The van der Waals surface area contributed by atoms with Gasteiger partial charge in [0.05, 0.1) is 31.3 Å². The number of benzene rings is 1. The Balaban J connectivity index is 1.24. The van der Waals surface area contributed by atoms with Crippen molar-refractivity contribution >= 4 is 11.9 Å². The first kappa shape index (κ1) is 22.8. The van der Waals surface area contributed by atoms with Crippen molar-refractivity contribution in [1.29, 1.82) is 5.26 Å². The van der Waals surface area contributed by atoms with Gasteiger partial charge in [-0.15, -0.1) is 0 Å². The van der Waals surface area contributed by atoms with Crippen molar-refractivity contribution in [2.75, 3.05) is 20.3 Å². The number of esters is 1. The first-order valence-corrected chi connectivity index (χ1v) is 13.1. The average molecular weight is 481 g/mol. The van der Waals surface area contributed by atoms with Crippen LogP contribution in [0.25, 0.3) is 0 Å². The van der Waals surface area contributed by atoms with E-state index in [2.05, 4.69) is 6.07 Å². The number of ether oxygens (including phenoxy) is 2. The van der Waals surface area contributed by atoms with Gasteiger partial charge in [0.1, 0.15) is 17.6 Å². The van der Waals surface area contributed by atoms with E-state index >= 15 is 4.39 Å². The summed E-state index contributed by atoms with van der Waals surface area (Å²) < 4.78 is 26.6. The van der Waals surface area contributed by atoms with Crippen molar-refractivity contribution in [2.45, 2.75) is 69.7 Å². The molecule has 1 saturated heterocycles. The Morgan fingerprint density at radius 1 is 1.11 bits per heavy atom. The van der Waals surface area contributed by atoms with Gasteiger partial charge in [0.25, 0.3) is 5.91 Å². The molecule has 186 valence electrons. The highest BCUT2D eigenvalue weighted by Gasteiger charge is 2.51. The smallest absolute Gasteiger partial charge is 0.328 e. The van der Waals surface area contributed by atoms with Gasteiger partial charge in [-0.3, -0.25) is 4.79 Å². The van der Waals surface area contributed by atoms with Crippen LogP contribution in [-0.2, 0) is 9.53 Å². The fourth-order valence-corrected chi connectivity index (χ4v) is 7.94. The molecule has 0 radical (unpaired) electrons. The van der Waals surface area contributed by atoms with E-state index in [1.807, 2.05) is 0 Å². The Labute approximate surface area is 205 Å². The average Bonchev–Trinajstić information content (AvgIpc) is 3.58. The Kier molecular flexibility index (Phi) is 5.54. The Bertz CT molecular complexity index is 1060. The van der Waals surface area contributed by atoms with Crippen LogP contribution in [0.15, 0.2) is 12.1 Å². The van der Waals surface area contributed by atoms with Crippen LogP contribution in [0.5, 0.6) is 5.75 Å². The molecule has 4 bridgehead atoms. The molecular formula is C28H33FN2O4. The highest BCUT2D eigenvalue weighted by atomic mass is 19.1. The molecule has 1 aromatic carbocycles. The number of methoxy groups -OCH3 is 1. The standard InChI is InChI=1S/C28H33FN2O4/c1-34-27(33)24-7-19(13-30)14-31(24)26(32)22-8-21(20-2-3-20)25(9-23(22)29)35-15-28-10-16-4-17(11-28)6-18(5-16)12-28/h8-9,16-20,24H,2-7,10-12,14-15H2,1H3/t16?,17?,18?,19-,24+,28?/m1/s1. The van der Waals surface area contributed by atoms with Crippen LogP contribution >= 0.6 is 0 Å². The van der Waals surface area contributed by atoms with Gasteiger partial charge >= 0.3 is 5.97 Å². The number of carbonyl (C=O) groups is 2. The van der Waals surface area contributed by atoms with Gasteiger partial charge in [-0.2, -0.15) is 5.26 Å². The van der Waals surface area contributed by atoms with Crippen LogP contribution < -0.4 is 4.74 Å². The topological polar surface area (TPSA) is 79.6 Å². The lowest BCUT2D eigenvalue weighted by Gasteiger charge is -2.56. The molecule has 0 aromatic heterocycles. The normalized spacial score (nSPS) is 35.1. The molecule has 0 N–H and O–H groups in total. The maximum Gasteiger partial charge on any atom is 0.328 e. The first-order chi connectivity index (χ1) is 16.9. The molecule has 0 unspecified atom stereocenters. The van der Waals surface area contributed by atoms with Crippen LogP contribution in [0.3, 0.4) is 0 Å². The number of nitrogens with zero attached hydrogens (tertiary/aromatic N) is 2. The molecule has 2 atom stereocenters. The quantitative estimate of drug-likeness (QED) is 0.545. The molecule has 0 spiro atoms. The second-order valence-corrected chi connectivity index (χ2v) is 11.9. The number of carbonyl (C=O) groups excluding carboxylic acids is 2. The molecule has 1 aromatic rings. The molecule has 35 heavy (non-hydrogen) atoms. The fourth-order valence-electron chi connectivity index (χ4n) is 7.94. The molecule has 6 nitrogen and oxygen atoms in total. The van der Waals surface area contributed by atoms with E-state index in [-0.39, 0.29) is 29.9 Å².